The highest BCUT2D eigenvalue weighted by atomic mass is 16.5. The normalized spacial score (nSPS) is 10.7. The van der Waals surface area contributed by atoms with Crippen molar-refractivity contribution in [2.24, 2.45) is 0 Å². The Kier molecular flexibility index (Phi) is 10.4. The van der Waals surface area contributed by atoms with Gasteiger partial charge in [0.05, 0.1) is 13.2 Å². The molecule has 0 aromatic heterocycles. The molecular weight excluding hydrogens is 334 g/mol. The molecule has 27 heavy (non-hydrogen) atoms. The molecule has 0 aliphatic carbocycles. The van der Waals surface area contributed by atoms with E-state index in [1.807, 2.05) is 6.07 Å². The molecule has 2 aromatic rings. The Morgan fingerprint density at radius 3 is 2.30 bits per heavy atom. The zero-order valence-corrected chi connectivity index (χ0v) is 17.0. The predicted octanol–water partition coefficient (Wildman–Crippen LogP) is 5.77. The van der Waals surface area contributed by atoms with Crippen LogP contribution in [0.25, 0.3) is 0 Å². The van der Waals surface area contributed by atoms with Gasteiger partial charge in [0.15, 0.2) is 0 Å². The highest BCUT2D eigenvalue weighted by Gasteiger charge is 2.07. The maximum absolute atomic E-state index is 6.03. The quantitative estimate of drug-likeness (QED) is 0.429. The average Bonchev–Trinajstić information content (AvgIpc) is 2.70. The molecule has 0 aliphatic rings. The van der Waals surface area contributed by atoms with E-state index in [0.29, 0.717) is 0 Å². The van der Waals surface area contributed by atoms with Crippen molar-refractivity contribution in [2.45, 2.75) is 58.9 Å². The van der Waals surface area contributed by atoms with E-state index in [9.17, 15) is 0 Å². The van der Waals surface area contributed by atoms with Crippen molar-refractivity contribution >= 4 is 0 Å². The van der Waals surface area contributed by atoms with Crippen LogP contribution in [0, 0.1) is 0 Å². The van der Waals surface area contributed by atoms with E-state index in [1.165, 1.54) is 11.1 Å². The van der Waals surface area contributed by atoms with E-state index in [2.05, 4.69) is 61.6 Å². The number of unbranched alkanes of at least 4 members (excludes halogenated alkanes) is 2. The highest BCUT2D eigenvalue weighted by molar-refractivity contribution is 5.40. The van der Waals surface area contributed by atoms with Gasteiger partial charge >= 0.3 is 0 Å². The van der Waals surface area contributed by atoms with Crippen LogP contribution in [0.5, 0.6) is 11.5 Å². The summed E-state index contributed by atoms with van der Waals surface area (Å²) in [5, 5.41) is 3.55. The second-order valence-electron chi connectivity index (χ2n) is 6.94. The molecule has 0 heterocycles. The minimum absolute atomic E-state index is 0.760. The summed E-state index contributed by atoms with van der Waals surface area (Å²) in [6.45, 7) is 7.71. The van der Waals surface area contributed by atoms with Crippen molar-refractivity contribution in [3.63, 3.8) is 0 Å². The summed E-state index contributed by atoms with van der Waals surface area (Å²) in [5.41, 5.74) is 2.60. The molecule has 0 saturated carbocycles. The first-order chi connectivity index (χ1) is 13.3. The van der Waals surface area contributed by atoms with Crippen LogP contribution in [0.4, 0.5) is 0 Å². The van der Waals surface area contributed by atoms with Gasteiger partial charge in [-0.05, 0) is 43.9 Å². The van der Waals surface area contributed by atoms with E-state index in [0.717, 1.165) is 76.3 Å². The van der Waals surface area contributed by atoms with Crippen LogP contribution in [0.15, 0.2) is 48.5 Å². The zero-order chi connectivity index (χ0) is 19.2. The van der Waals surface area contributed by atoms with Gasteiger partial charge < -0.3 is 14.8 Å². The molecule has 0 saturated heterocycles. The first-order valence-electron chi connectivity index (χ1n) is 10.5. The lowest BCUT2D eigenvalue weighted by Crippen LogP contribution is -2.16. The Hall–Kier alpha value is -2.00. The van der Waals surface area contributed by atoms with Crippen LogP contribution in [0.3, 0.4) is 0 Å². The zero-order valence-electron chi connectivity index (χ0n) is 17.0. The standard InChI is InChI=1S/C24H35NO2/c1-3-5-17-26-23-15-14-22(24(19-23)27-18-6-4-2)20-25-16-10-13-21-11-8-7-9-12-21/h7-9,11-12,14-15,19,25H,3-6,10,13,16-18,20H2,1-2H3. The van der Waals surface area contributed by atoms with E-state index < -0.39 is 0 Å². The number of hydrogen-bond donors (Lipinski definition) is 1. The van der Waals surface area contributed by atoms with Gasteiger partial charge in [0.2, 0.25) is 0 Å². The second-order valence-corrected chi connectivity index (χ2v) is 6.94. The Balaban J connectivity index is 1.83. The molecule has 0 spiro atoms. The molecule has 2 aromatic carbocycles. The molecule has 3 heteroatoms. The number of aryl methyl sites for hydroxylation is 1. The summed E-state index contributed by atoms with van der Waals surface area (Å²) in [6.07, 6.45) is 6.68. The van der Waals surface area contributed by atoms with E-state index in [1.54, 1.807) is 0 Å². The molecule has 0 unspecified atom stereocenters. The number of nitrogens with one attached hydrogen (secondary N) is 1. The molecule has 148 valence electrons. The fourth-order valence-corrected chi connectivity index (χ4v) is 2.85. The van der Waals surface area contributed by atoms with Gasteiger partial charge in [-0.2, -0.15) is 0 Å². The number of hydrogen-bond acceptors (Lipinski definition) is 3. The smallest absolute Gasteiger partial charge is 0.127 e. The SMILES string of the molecule is CCCCOc1ccc(CNCCCc2ccccc2)c(OCCCC)c1. The number of ether oxygens (including phenoxy) is 2. The van der Waals surface area contributed by atoms with Crippen LogP contribution in [-0.2, 0) is 13.0 Å². The van der Waals surface area contributed by atoms with E-state index in [4.69, 9.17) is 9.47 Å². The molecule has 0 bridgehead atoms. The summed E-state index contributed by atoms with van der Waals surface area (Å²) in [4.78, 5) is 0. The Labute approximate surface area is 165 Å². The number of benzene rings is 2. The lowest BCUT2D eigenvalue weighted by molar-refractivity contribution is 0.291. The van der Waals surface area contributed by atoms with Crippen LogP contribution >= 0.6 is 0 Å². The third-order valence-corrected chi connectivity index (χ3v) is 4.54. The van der Waals surface area contributed by atoms with Crippen molar-refractivity contribution in [3.8, 4) is 11.5 Å². The topological polar surface area (TPSA) is 30.5 Å². The van der Waals surface area contributed by atoms with Crippen molar-refractivity contribution < 1.29 is 9.47 Å². The van der Waals surface area contributed by atoms with Gasteiger partial charge in [-0.1, -0.05) is 63.1 Å². The Bertz CT molecular complexity index is 628. The fraction of sp³-hybridized carbons (Fsp3) is 0.500. The summed E-state index contributed by atoms with van der Waals surface area (Å²) >= 11 is 0. The van der Waals surface area contributed by atoms with Crippen LogP contribution in [0.2, 0.25) is 0 Å². The van der Waals surface area contributed by atoms with Gasteiger partial charge in [0.25, 0.3) is 0 Å². The van der Waals surface area contributed by atoms with Crippen molar-refractivity contribution in [1.82, 2.24) is 5.32 Å². The van der Waals surface area contributed by atoms with Gasteiger partial charge in [0, 0.05) is 18.2 Å². The van der Waals surface area contributed by atoms with Crippen molar-refractivity contribution in [3.05, 3.63) is 59.7 Å². The summed E-state index contributed by atoms with van der Waals surface area (Å²) in [5.74, 6) is 1.86. The van der Waals surface area contributed by atoms with Gasteiger partial charge in [-0.25, -0.2) is 0 Å². The summed E-state index contributed by atoms with van der Waals surface area (Å²) in [6, 6.07) is 16.9. The van der Waals surface area contributed by atoms with Crippen LogP contribution in [-0.4, -0.2) is 19.8 Å². The lowest BCUT2D eigenvalue weighted by Gasteiger charge is -2.14. The van der Waals surface area contributed by atoms with E-state index in [-0.39, 0.29) is 0 Å². The number of rotatable bonds is 14. The summed E-state index contributed by atoms with van der Waals surface area (Å²) < 4.78 is 11.9. The van der Waals surface area contributed by atoms with Crippen molar-refractivity contribution in [2.75, 3.05) is 19.8 Å². The molecule has 0 radical (unpaired) electrons. The third kappa shape index (κ3) is 8.49. The molecule has 0 aliphatic heterocycles. The van der Waals surface area contributed by atoms with Gasteiger partial charge in [0.1, 0.15) is 11.5 Å². The Morgan fingerprint density at radius 2 is 1.56 bits per heavy atom. The van der Waals surface area contributed by atoms with Crippen LogP contribution < -0.4 is 14.8 Å². The fourth-order valence-electron chi connectivity index (χ4n) is 2.85. The predicted molar refractivity (Wildman–Crippen MR) is 114 cm³/mol. The first kappa shape index (κ1) is 21.3. The molecule has 1 N–H and O–H groups in total. The second kappa shape index (κ2) is 13.2. The minimum atomic E-state index is 0.760. The Morgan fingerprint density at radius 1 is 0.815 bits per heavy atom. The summed E-state index contributed by atoms with van der Waals surface area (Å²) in [7, 11) is 0. The monoisotopic (exact) mass is 369 g/mol. The largest absolute Gasteiger partial charge is 0.493 e. The molecule has 0 amide bonds. The van der Waals surface area contributed by atoms with Gasteiger partial charge in [-0.15, -0.1) is 0 Å². The molecule has 0 fully saturated rings. The maximum atomic E-state index is 6.03. The van der Waals surface area contributed by atoms with Crippen molar-refractivity contribution in [1.29, 1.82) is 0 Å². The average molecular weight is 370 g/mol. The van der Waals surface area contributed by atoms with Gasteiger partial charge in [-0.3, -0.25) is 0 Å². The first-order valence-corrected chi connectivity index (χ1v) is 10.5. The van der Waals surface area contributed by atoms with Crippen LogP contribution in [0.1, 0.15) is 57.1 Å². The molecule has 0 atom stereocenters. The molecule has 3 nitrogen and oxygen atoms in total. The minimum Gasteiger partial charge on any atom is -0.493 e. The highest BCUT2D eigenvalue weighted by Crippen LogP contribution is 2.25. The molecule has 2 rings (SSSR count). The van der Waals surface area contributed by atoms with E-state index >= 15 is 0 Å². The third-order valence-electron chi connectivity index (χ3n) is 4.54. The molecular formula is C24H35NO2. The lowest BCUT2D eigenvalue weighted by atomic mass is 10.1. The maximum Gasteiger partial charge on any atom is 0.127 e.